The van der Waals surface area contributed by atoms with Gasteiger partial charge in [-0.1, -0.05) is 29.8 Å². The van der Waals surface area contributed by atoms with Gasteiger partial charge in [-0.05, 0) is 46.6 Å². The molecule has 0 amide bonds. The number of nitrogen functional groups attached to an aromatic ring is 1. The Morgan fingerprint density at radius 3 is 2.50 bits per heavy atom. The number of benzene rings is 2. The van der Waals surface area contributed by atoms with Gasteiger partial charge in [-0.3, -0.25) is 4.72 Å². The van der Waals surface area contributed by atoms with Crippen molar-refractivity contribution in [2.75, 3.05) is 10.5 Å². The third-order valence-electron chi connectivity index (χ3n) is 2.70. The maximum atomic E-state index is 12.4. The van der Waals surface area contributed by atoms with Gasteiger partial charge < -0.3 is 5.73 Å². The van der Waals surface area contributed by atoms with Gasteiger partial charge in [-0.25, -0.2) is 8.42 Å². The second kappa shape index (κ2) is 5.63. The summed E-state index contributed by atoms with van der Waals surface area (Å²) in [5.74, 6) is 0. The van der Waals surface area contributed by atoms with Gasteiger partial charge in [0.1, 0.15) is 4.90 Å². The number of sulfonamides is 1. The number of anilines is 2. The van der Waals surface area contributed by atoms with Crippen LogP contribution in [0.15, 0.2) is 45.8 Å². The van der Waals surface area contributed by atoms with Crippen molar-refractivity contribution in [3.8, 4) is 0 Å². The Kier molecular flexibility index (Phi) is 4.27. The Morgan fingerprint density at radius 1 is 1.20 bits per heavy atom. The van der Waals surface area contributed by atoms with Crippen molar-refractivity contribution in [2.24, 2.45) is 0 Å². The van der Waals surface area contributed by atoms with Crippen molar-refractivity contribution < 1.29 is 8.42 Å². The molecule has 0 saturated carbocycles. The minimum Gasteiger partial charge on any atom is -0.398 e. The molecule has 0 aromatic heterocycles. The molecular formula is C13H12BrClN2O2S. The summed E-state index contributed by atoms with van der Waals surface area (Å²) in [5, 5.41) is 0.0845. The third-order valence-corrected chi connectivity index (χ3v) is 5.66. The quantitative estimate of drug-likeness (QED) is 0.802. The van der Waals surface area contributed by atoms with E-state index in [0.717, 1.165) is 5.56 Å². The minimum atomic E-state index is -3.85. The monoisotopic (exact) mass is 374 g/mol. The average Bonchev–Trinajstić information content (AvgIpc) is 2.34. The second-order valence-electron chi connectivity index (χ2n) is 4.20. The molecule has 0 aliphatic rings. The van der Waals surface area contributed by atoms with E-state index in [1.165, 1.54) is 12.1 Å². The molecule has 4 nitrogen and oxygen atoms in total. The van der Waals surface area contributed by atoms with E-state index in [9.17, 15) is 8.42 Å². The Morgan fingerprint density at radius 2 is 1.85 bits per heavy atom. The van der Waals surface area contributed by atoms with Gasteiger partial charge in [-0.15, -0.1) is 0 Å². The van der Waals surface area contributed by atoms with Gasteiger partial charge in [0, 0.05) is 4.47 Å². The first-order valence-corrected chi connectivity index (χ1v) is 8.30. The van der Waals surface area contributed by atoms with Crippen molar-refractivity contribution in [1.82, 2.24) is 0 Å². The summed E-state index contributed by atoms with van der Waals surface area (Å²) >= 11 is 9.29. The van der Waals surface area contributed by atoms with Crippen LogP contribution in [0.25, 0.3) is 0 Å². The van der Waals surface area contributed by atoms with Crippen LogP contribution in [0, 0.1) is 6.92 Å². The van der Waals surface area contributed by atoms with Crippen LogP contribution in [0.1, 0.15) is 5.56 Å². The van der Waals surface area contributed by atoms with Crippen LogP contribution >= 0.6 is 27.5 Å². The number of halogens is 2. The largest absolute Gasteiger partial charge is 0.398 e. The summed E-state index contributed by atoms with van der Waals surface area (Å²) < 4.78 is 28.0. The predicted octanol–water partition coefficient (Wildman–Crippen LogP) is 3.79. The standard InChI is InChI=1S/C13H12BrClN2O2S/c1-8-4-2-7-11(12(8)14)17-20(18,19)13-9(15)5-3-6-10(13)16/h2-7,17H,16H2,1H3. The van der Waals surface area contributed by atoms with E-state index in [1.54, 1.807) is 18.2 Å². The Labute approximate surface area is 131 Å². The van der Waals surface area contributed by atoms with E-state index < -0.39 is 10.0 Å². The highest BCUT2D eigenvalue weighted by Crippen LogP contribution is 2.32. The molecule has 0 atom stereocenters. The molecule has 0 bridgehead atoms. The summed E-state index contributed by atoms with van der Waals surface area (Å²) in [6, 6.07) is 9.85. The molecule has 2 rings (SSSR count). The highest BCUT2D eigenvalue weighted by Gasteiger charge is 2.22. The molecule has 0 heterocycles. The summed E-state index contributed by atoms with van der Waals surface area (Å²) in [5.41, 5.74) is 7.17. The van der Waals surface area contributed by atoms with E-state index in [0.29, 0.717) is 10.2 Å². The van der Waals surface area contributed by atoms with E-state index in [1.807, 2.05) is 13.0 Å². The second-order valence-corrected chi connectivity index (χ2v) is 7.02. The van der Waals surface area contributed by atoms with Crippen LogP contribution in [0.5, 0.6) is 0 Å². The van der Waals surface area contributed by atoms with E-state index in [-0.39, 0.29) is 15.6 Å². The maximum absolute atomic E-state index is 12.4. The van der Waals surface area contributed by atoms with Crippen molar-refractivity contribution in [1.29, 1.82) is 0 Å². The lowest BCUT2D eigenvalue weighted by atomic mass is 10.2. The van der Waals surface area contributed by atoms with E-state index in [2.05, 4.69) is 20.7 Å². The zero-order chi connectivity index (χ0) is 14.9. The van der Waals surface area contributed by atoms with Crippen LogP contribution in [-0.2, 0) is 10.0 Å². The van der Waals surface area contributed by atoms with Crippen molar-refractivity contribution in [3.63, 3.8) is 0 Å². The van der Waals surface area contributed by atoms with Crippen LogP contribution in [0.4, 0.5) is 11.4 Å². The zero-order valence-electron chi connectivity index (χ0n) is 10.5. The smallest absolute Gasteiger partial charge is 0.265 e. The first-order chi connectivity index (χ1) is 9.33. The summed E-state index contributed by atoms with van der Waals surface area (Å²) in [4.78, 5) is -0.116. The van der Waals surface area contributed by atoms with Gasteiger partial charge in [0.2, 0.25) is 0 Å². The molecule has 0 fully saturated rings. The molecule has 0 radical (unpaired) electrons. The summed E-state index contributed by atoms with van der Waals surface area (Å²) in [6.07, 6.45) is 0. The van der Waals surface area contributed by atoms with E-state index in [4.69, 9.17) is 17.3 Å². The molecule has 3 N–H and O–H groups in total. The topological polar surface area (TPSA) is 72.2 Å². The third kappa shape index (κ3) is 2.92. The Bertz CT molecular complexity index is 743. The minimum absolute atomic E-state index is 0.0845. The molecule has 2 aromatic carbocycles. The molecule has 0 aliphatic heterocycles. The normalized spacial score (nSPS) is 11.3. The molecule has 0 unspecified atom stereocenters. The molecule has 0 aliphatic carbocycles. The summed E-state index contributed by atoms with van der Waals surface area (Å²) in [6.45, 7) is 1.87. The fraction of sp³-hybridized carbons (Fsp3) is 0.0769. The SMILES string of the molecule is Cc1cccc(NS(=O)(=O)c2c(N)cccc2Cl)c1Br. The number of nitrogens with one attached hydrogen (secondary N) is 1. The zero-order valence-corrected chi connectivity index (χ0v) is 13.7. The predicted molar refractivity (Wildman–Crippen MR) is 85.6 cm³/mol. The molecule has 0 spiro atoms. The number of aryl methyl sites for hydroxylation is 1. The molecule has 2 aromatic rings. The lowest BCUT2D eigenvalue weighted by Crippen LogP contribution is -2.15. The van der Waals surface area contributed by atoms with Gasteiger partial charge in [-0.2, -0.15) is 0 Å². The van der Waals surface area contributed by atoms with E-state index >= 15 is 0 Å². The van der Waals surface area contributed by atoms with Crippen LogP contribution in [0.2, 0.25) is 5.02 Å². The summed E-state index contributed by atoms with van der Waals surface area (Å²) in [7, 11) is -3.85. The lowest BCUT2D eigenvalue weighted by molar-refractivity contribution is 0.601. The van der Waals surface area contributed by atoms with Gasteiger partial charge in [0.25, 0.3) is 10.0 Å². The molecule has 20 heavy (non-hydrogen) atoms. The molecule has 7 heteroatoms. The fourth-order valence-corrected chi connectivity index (χ4v) is 3.98. The van der Waals surface area contributed by atoms with Gasteiger partial charge >= 0.3 is 0 Å². The Hall–Kier alpha value is -1.24. The van der Waals surface area contributed by atoms with Crippen LogP contribution in [-0.4, -0.2) is 8.42 Å². The van der Waals surface area contributed by atoms with Crippen LogP contribution < -0.4 is 10.5 Å². The molecular weight excluding hydrogens is 364 g/mol. The first kappa shape index (κ1) is 15.2. The number of nitrogens with two attached hydrogens (primary N) is 1. The lowest BCUT2D eigenvalue weighted by Gasteiger charge is -2.13. The van der Waals surface area contributed by atoms with Gasteiger partial charge in [0.05, 0.1) is 16.4 Å². The van der Waals surface area contributed by atoms with Gasteiger partial charge in [0.15, 0.2) is 0 Å². The molecule has 106 valence electrons. The fourth-order valence-electron chi connectivity index (χ4n) is 1.73. The van der Waals surface area contributed by atoms with Crippen LogP contribution in [0.3, 0.4) is 0 Å². The highest BCUT2D eigenvalue weighted by molar-refractivity contribution is 9.10. The molecule has 0 saturated heterocycles. The number of hydrogen-bond acceptors (Lipinski definition) is 3. The maximum Gasteiger partial charge on any atom is 0.265 e. The Balaban J connectivity index is 2.50. The highest BCUT2D eigenvalue weighted by atomic mass is 79.9. The van der Waals surface area contributed by atoms with Crippen molar-refractivity contribution >= 4 is 48.9 Å². The number of hydrogen-bond donors (Lipinski definition) is 2. The number of rotatable bonds is 3. The first-order valence-electron chi connectivity index (χ1n) is 5.65. The van der Waals surface area contributed by atoms with Crippen molar-refractivity contribution in [3.05, 3.63) is 51.5 Å². The van der Waals surface area contributed by atoms with Crippen molar-refractivity contribution in [2.45, 2.75) is 11.8 Å². The average molecular weight is 376 g/mol.